The summed E-state index contributed by atoms with van der Waals surface area (Å²) in [7, 11) is 0. The van der Waals surface area contributed by atoms with Gasteiger partial charge in [-0.05, 0) is 53.8 Å². The molecular weight excluding hydrogens is 375 g/mol. The summed E-state index contributed by atoms with van der Waals surface area (Å²) in [5.74, 6) is 1.38. The van der Waals surface area contributed by atoms with E-state index < -0.39 is 0 Å². The number of nitrogens with one attached hydrogen (secondary N) is 1. The van der Waals surface area contributed by atoms with E-state index in [1.165, 1.54) is 10.1 Å². The molecule has 0 bridgehead atoms. The second-order valence-corrected chi connectivity index (χ2v) is 8.00. The number of anilines is 1. The highest BCUT2D eigenvalue weighted by molar-refractivity contribution is 7.13. The third-order valence-electron chi connectivity index (χ3n) is 5.51. The molecule has 0 amide bonds. The fourth-order valence-corrected chi connectivity index (χ4v) is 4.77. The largest absolute Gasteiger partial charge is 0.358 e. The molecule has 0 unspecified atom stereocenters. The van der Waals surface area contributed by atoms with Crippen LogP contribution in [0.15, 0.2) is 48.7 Å². The van der Waals surface area contributed by atoms with E-state index in [4.69, 9.17) is 0 Å². The number of piperazine rings is 1. The number of rotatable bonds is 5. The molecule has 4 aromatic rings. The van der Waals surface area contributed by atoms with Gasteiger partial charge in [0.15, 0.2) is 5.75 Å². The lowest BCUT2D eigenvalue weighted by molar-refractivity contribution is -0.00453. The fraction of sp³-hybridized carbons (Fsp3) is 0.286. The maximum Gasteiger partial charge on any atom is 0.196 e. The van der Waals surface area contributed by atoms with Gasteiger partial charge in [0.05, 0.1) is 10.2 Å². The van der Waals surface area contributed by atoms with Gasteiger partial charge < -0.3 is 9.88 Å². The van der Waals surface area contributed by atoms with Crippen LogP contribution in [0.1, 0.15) is 5.56 Å². The Labute approximate surface area is 166 Å². The molecule has 1 N–H and O–H groups in total. The lowest BCUT2D eigenvalue weighted by Crippen LogP contribution is -2.47. The van der Waals surface area contributed by atoms with Crippen molar-refractivity contribution in [3.05, 3.63) is 54.2 Å². The summed E-state index contributed by atoms with van der Waals surface area (Å²) in [4.78, 5) is 11.9. The molecule has 5 nitrogen and oxygen atoms in total. The second kappa shape index (κ2) is 7.41. The maximum atomic E-state index is 12.9. The van der Waals surface area contributed by atoms with E-state index >= 15 is 0 Å². The quantitative estimate of drug-likeness (QED) is 0.543. The molecule has 2 aromatic carbocycles. The molecule has 0 radical (unpaired) electrons. The fourth-order valence-electron chi connectivity index (χ4n) is 3.97. The molecular formula is C21H21FN4OS. The molecule has 28 heavy (non-hydrogen) atoms. The van der Waals surface area contributed by atoms with Crippen molar-refractivity contribution in [1.82, 2.24) is 14.3 Å². The number of aromatic nitrogens is 2. The number of hydrogen-bond acceptors (Lipinski definition) is 5. The Morgan fingerprint density at radius 1 is 1.11 bits per heavy atom. The summed E-state index contributed by atoms with van der Waals surface area (Å²) in [5.41, 5.74) is 1.79. The Bertz CT molecular complexity index is 1100. The third kappa shape index (κ3) is 3.21. The van der Waals surface area contributed by atoms with Gasteiger partial charge in [0.1, 0.15) is 5.82 Å². The van der Waals surface area contributed by atoms with Crippen LogP contribution in [0.3, 0.4) is 0 Å². The van der Waals surface area contributed by atoms with Crippen molar-refractivity contribution in [1.29, 1.82) is 0 Å². The normalized spacial score (nSPS) is 15.5. The average molecular weight is 396 g/mol. The number of H-pyrrole nitrogens is 1. The SMILES string of the molecule is FOc1cc(CCN2CCN(c3nsc4ccccc34)CC2)cc2cc[nH]c12. The van der Waals surface area contributed by atoms with Crippen molar-refractivity contribution >= 4 is 38.3 Å². The van der Waals surface area contributed by atoms with E-state index in [-0.39, 0.29) is 5.75 Å². The van der Waals surface area contributed by atoms with E-state index in [1.807, 2.05) is 6.07 Å². The van der Waals surface area contributed by atoms with Gasteiger partial charge in [-0.2, -0.15) is 4.37 Å². The van der Waals surface area contributed by atoms with E-state index in [9.17, 15) is 4.53 Å². The number of hydrogen-bond donors (Lipinski definition) is 1. The Hall–Kier alpha value is -2.64. The van der Waals surface area contributed by atoms with E-state index in [1.54, 1.807) is 23.8 Å². The highest BCUT2D eigenvalue weighted by Gasteiger charge is 2.20. The molecule has 0 spiro atoms. The Morgan fingerprint density at radius 3 is 2.82 bits per heavy atom. The first-order valence-electron chi connectivity index (χ1n) is 9.52. The lowest BCUT2D eigenvalue weighted by atomic mass is 10.1. The van der Waals surface area contributed by atoms with Gasteiger partial charge in [-0.15, -0.1) is 0 Å². The predicted molar refractivity (Wildman–Crippen MR) is 112 cm³/mol. The molecule has 0 atom stereocenters. The average Bonchev–Trinajstić information content (AvgIpc) is 3.39. The van der Waals surface area contributed by atoms with Crippen molar-refractivity contribution in [2.45, 2.75) is 6.42 Å². The van der Waals surface area contributed by atoms with E-state index in [0.29, 0.717) is 5.52 Å². The third-order valence-corrected chi connectivity index (χ3v) is 6.33. The van der Waals surface area contributed by atoms with E-state index in [2.05, 4.69) is 54.4 Å². The molecule has 144 valence electrons. The summed E-state index contributed by atoms with van der Waals surface area (Å²) in [6.45, 7) is 4.91. The molecule has 1 aliphatic rings. The van der Waals surface area contributed by atoms with Crippen LogP contribution in [0.25, 0.3) is 21.0 Å². The summed E-state index contributed by atoms with van der Waals surface area (Å²) in [6, 6.07) is 14.3. The molecule has 7 heteroatoms. The first kappa shape index (κ1) is 17.5. The number of nitrogens with zero attached hydrogens (tertiary/aromatic N) is 3. The van der Waals surface area contributed by atoms with Crippen LogP contribution >= 0.6 is 11.5 Å². The first-order chi connectivity index (χ1) is 13.8. The van der Waals surface area contributed by atoms with Gasteiger partial charge in [-0.25, -0.2) is 0 Å². The monoisotopic (exact) mass is 396 g/mol. The van der Waals surface area contributed by atoms with Crippen LogP contribution in [-0.4, -0.2) is 47.0 Å². The minimum atomic E-state index is 0.262. The van der Waals surface area contributed by atoms with Crippen molar-refractivity contribution in [2.75, 3.05) is 37.6 Å². The van der Waals surface area contributed by atoms with Gasteiger partial charge in [-0.3, -0.25) is 9.84 Å². The topological polar surface area (TPSA) is 44.4 Å². The zero-order chi connectivity index (χ0) is 18.9. The Kier molecular flexibility index (Phi) is 4.62. The lowest BCUT2D eigenvalue weighted by Gasteiger charge is -2.35. The first-order valence-corrected chi connectivity index (χ1v) is 10.3. The molecule has 3 heterocycles. The van der Waals surface area contributed by atoms with Crippen LogP contribution in [0.5, 0.6) is 5.75 Å². The zero-order valence-corrected chi connectivity index (χ0v) is 16.2. The Balaban J connectivity index is 1.22. The van der Waals surface area contributed by atoms with Crippen LogP contribution in [0.2, 0.25) is 0 Å². The van der Waals surface area contributed by atoms with Gasteiger partial charge in [0, 0.05) is 54.2 Å². The summed E-state index contributed by atoms with van der Waals surface area (Å²) in [5, 5.41) is 2.23. The maximum absolute atomic E-state index is 12.9. The molecule has 2 aromatic heterocycles. The molecule has 0 aliphatic carbocycles. The second-order valence-electron chi connectivity index (χ2n) is 7.19. The summed E-state index contributed by atoms with van der Waals surface area (Å²) in [6.07, 6.45) is 2.68. The minimum Gasteiger partial charge on any atom is -0.358 e. The number of halogens is 1. The molecule has 5 rings (SSSR count). The van der Waals surface area contributed by atoms with Crippen molar-refractivity contribution in [3.63, 3.8) is 0 Å². The summed E-state index contributed by atoms with van der Waals surface area (Å²) < 4.78 is 18.8. The smallest absolute Gasteiger partial charge is 0.196 e. The molecule has 0 saturated carbocycles. The Morgan fingerprint density at radius 2 is 1.96 bits per heavy atom. The highest BCUT2D eigenvalue weighted by Crippen LogP contribution is 2.30. The highest BCUT2D eigenvalue weighted by atomic mass is 32.1. The number of aromatic amines is 1. The van der Waals surface area contributed by atoms with Crippen LogP contribution < -0.4 is 9.84 Å². The summed E-state index contributed by atoms with van der Waals surface area (Å²) >= 11 is 1.57. The van der Waals surface area contributed by atoms with Crippen molar-refractivity contribution in [3.8, 4) is 5.75 Å². The number of benzene rings is 2. The molecule has 1 saturated heterocycles. The van der Waals surface area contributed by atoms with Gasteiger partial charge >= 0.3 is 0 Å². The molecule has 1 fully saturated rings. The van der Waals surface area contributed by atoms with Gasteiger partial charge in [0.2, 0.25) is 0 Å². The zero-order valence-electron chi connectivity index (χ0n) is 15.4. The van der Waals surface area contributed by atoms with Gasteiger partial charge in [-0.1, -0.05) is 12.1 Å². The van der Waals surface area contributed by atoms with Crippen molar-refractivity contribution < 1.29 is 9.47 Å². The van der Waals surface area contributed by atoms with Gasteiger partial charge in [0.25, 0.3) is 0 Å². The van der Waals surface area contributed by atoms with E-state index in [0.717, 1.165) is 55.9 Å². The number of fused-ring (bicyclic) bond motifs is 2. The minimum absolute atomic E-state index is 0.262. The van der Waals surface area contributed by atoms with Crippen molar-refractivity contribution in [2.24, 2.45) is 0 Å². The van der Waals surface area contributed by atoms with Crippen LogP contribution in [-0.2, 0) is 6.42 Å². The van der Waals surface area contributed by atoms with Crippen LogP contribution in [0, 0.1) is 0 Å². The molecule has 1 aliphatic heterocycles. The standard InChI is InChI=1S/C21H21FN4OS/c22-27-18-14-15(13-16-5-7-23-20(16)18)6-8-25-9-11-26(12-10-25)21-17-3-1-2-4-19(17)28-24-21/h1-5,7,13-14,23H,6,8-12H2. The predicted octanol–water partition coefficient (Wildman–Crippen LogP) is 4.41. The van der Waals surface area contributed by atoms with Crippen LogP contribution in [0.4, 0.5) is 10.3 Å².